The molecule has 0 aromatic carbocycles. The zero-order valence-corrected chi connectivity index (χ0v) is 14.0. The van der Waals surface area contributed by atoms with E-state index in [1.807, 2.05) is 0 Å². The van der Waals surface area contributed by atoms with Crippen molar-refractivity contribution in [3.05, 3.63) is 14.9 Å². The van der Waals surface area contributed by atoms with Crippen LogP contribution in [-0.2, 0) is 17.6 Å². The molecule has 0 aromatic heterocycles. The van der Waals surface area contributed by atoms with Gasteiger partial charge in [0.2, 0.25) is 0 Å². The maximum absolute atomic E-state index is 4.86. The van der Waals surface area contributed by atoms with Gasteiger partial charge < -0.3 is 14.9 Å². The largest absolute Gasteiger partial charge is 1.00 e. The average Bonchev–Trinajstić information content (AvgIpc) is 0.918. The fraction of sp³-hybridized carbons (Fsp3) is 0. The van der Waals surface area contributed by atoms with E-state index >= 15 is 0 Å². The Balaban J connectivity index is -0.00000000667. The molecule has 0 aliphatic carbocycles. The maximum atomic E-state index is 4.86. The van der Waals surface area contributed by atoms with Crippen LogP contribution in [0.15, 0.2) is 0 Å². The van der Waals surface area contributed by atoms with Gasteiger partial charge >= 0.3 is 105 Å². The van der Waals surface area contributed by atoms with Gasteiger partial charge in [-0.25, -0.2) is 0 Å². The summed E-state index contributed by atoms with van der Waals surface area (Å²) in [5, 5.41) is 0. The van der Waals surface area contributed by atoms with Crippen molar-refractivity contribution in [1.29, 1.82) is 0 Å². The average molecular weight is 431 g/mol. The van der Waals surface area contributed by atoms with E-state index in [4.69, 9.17) is 18.4 Å². The molecule has 0 aromatic rings. The summed E-state index contributed by atoms with van der Waals surface area (Å²) in [6, 6.07) is 0. The Morgan fingerprint density at radius 2 is 1.00 bits per heavy atom. The second kappa shape index (κ2) is 23.8. The second-order valence-electron chi connectivity index (χ2n) is 0.0431. The molecular formula is C2H6AuCl2Cs-2. The summed E-state index contributed by atoms with van der Waals surface area (Å²) in [5.41, 5.74) is 0. The van der Waals surface area contributed by atoms with Crippen molar-refractivity contribution in [3.8, 4) is 0 Å². The van der Waals surface area contributed by atoms with Crippen LogP contribution in [0.1, 0.15) is 0 Å². The van der Waals surface area contributed by atoms with Crippen LogP contribution < -0.4 is 68.9 Å². The first kappa shape index (κ1) is 22.8. The predicted octanol–water partition coefficient (Wildman–Crippen LogP) is -0.719. The Morgan fingerprint density at radius 3 is 1.00 bits per heavy atom. The summed E-state index contributed by atoms with van der Waals surface area (Å²) in [7, 11) is 9.72. The summed E-state index contributed by atoms with van der Waals surface area (Å²) >= 11 is -0.389. The van der Waals surface area contributed by atoms with Gasteiger partial charge in [-0.1, -0.05) is 0 Å². The van der Waals surface area contributed by atoms with Crippen LogP contribution >= 0.6 is 18.4 Å². The van der Waals surface area contributed by atoms with Gasteiger partial charge in [0, 0.05) is 0 Å². The first-order valence-corrected chi connectivity index (χ1v) is 5.60. The van der Waals surface area contributed by atoms with Crippen molar-refractivity contribution in [2.24, 2.45) is 0 Å². The minimum atomic E-state index is -0.389. The summed E-state index contributed by atoms with van der Waals surface area (Å²) in [4.78, 5) is 0. The normalized spacial score (nSPS) is 3.67. The predicted molar refractivity (Wildman–Crippen MR) is 24.5 cm³/mol. The van der Waals surface area contributed by atoms with Crippen LogP contribution in [0.2, 0.25) is 0 Å². The van der Waals surface area contributed by atoms with E-state index in [9.17, 15) is 0 Å². The number of halogens is 2. The zero-order chi connectivity index (χ0) is 2.71. The van der Waals surface area contributed by atoms with E-state index in [1.165, 1.54) is 0 Å². The second-order valence-corrected chi connectivity index (χ2v) is 3.17. The molecule has 0 aliphatic heterocycles. The Labute approximate surface area is 116 Å². The first-order valence-electron chi connectivity index (χ1n) is 0.228. The van der Waals surface area contributed by atoms with Crippen LogP contribution in [0.4, 0.5) is 0 Å². The van der Waals surface area contributed by atoms with E-state index in [2.05, 4.69) is 0 Å². The van der Waals surface area contributed by atoms with Crippen LogP contribution in [-0.4, -0.2) is 0 Å². The van der Waals surface area contributed by atoms with Gasteiger partial charge in [-0.3, -0.25) is 0 Å². The molecule has 0 saturated heterocycles. The first-order chi connectivity index (χ1) is 1.41. The maximum Gasteiger partial charge on any atom is 1.00 e. The molecule has 0 amide bonds. The monoisotopic (exact) mass is 430 g/mol. The van der Waals surface area contributed by atoms with E-state index in [1.54, 1.807) is 0 Å². The standard InChI is InChI=1S/2CH3.Au.2ClH.Cs/h2*1H3;;2*1H;/q2*-1;+1;;;+1/p-2. The minimum absolute atomic E-state index is 0. The fourth-order valence-corrected chi connectivity index (χ4v) is 0. The summed E-state index contributed by atoms with van der Waals surface area (Å²) in [5.74, 6) is 0. The van der Waals surface area contributed by atoms with Crippen molar-refractivity contribution in [1.82, 2.24) is 0 Å². The Morgan fingerprint density at radius 1 is 1.00 bits per heavy atom. The smallest absolute Gasteiger partial charge is 1.00 e. The third kappa shape index (κ3) is 26.3. The third-order valence-corrected chi connectivity index (χ3v) is 0. The van der Waals surface area contributed by atoms with Gasteiger partial charge in [-0.15, -0.1) is 0 Å². The van der Waals surface area contributed by atoms with Gasteiger partial charge in [-0.2, -0.15) is 0 Å². The molecule has 0 N–H and O–H groups in total. The summed E-state index contributed by atoms with van der Waals surface area (Å²) < 4.78 is 0. The molecule has 0 rings (SSSR count). The fourth-order valence-electron chi connectivity index (χ4n) is 0. The van der Waals surface area contributed by atoms with Crippen LogP contribution in [0, 0.1) is 14.9 Å². The van der Waals surface area contributed by atoms with E-state index in [0.717, 1.165) is 0 Å². The Hall–Kier alpha value is 3.37. The molecular weight excluding hydrogens is 425 g/mol. The molecule has 4 heteroatoms. The molecule has 0 nitrogen and oxygen atoms in total. The number of hydrogen-bond acceptors (Lipinski definition) is 0. The Kier molecular flexibility index (Phi) is 90.3. The van der Waals surface area contributed by atoms with Gasteiger partial charge in [-0.05, 0) is 0 Å². The van der Waals surface area contributed by atoms with Crippen molar-refractivity contribution in [2.45, 2.75) is 0 Å². The molecule has 0 atom stereocenters. The van der Waals surface area contributed by atoms with E-state index in [0.29, 0.717) is 0 Å². The van der Waals surface area contributed by atoms with Crippen LogP contribution in [0.5, 0.6) is 0 Å². The molecule has 0 saturated carbocycles. The van der Waals surface area contributed by atoms with Gasteiger partial charge in [0.25, 0.3) is 0 Å². The van der Waals surface area contributed by atoms with Crippen molar-refractivity contribution in [2.75, 3.05) is 0 Å². The van der Waals surface area contributed by atoms with Gasteiger partial charge in [0.05, 0.1) is 0 Å². The molecule has 6 heavy (non-hydrogen) atoms. The molecule has 0 unspecified atom stereocenters. The van der Waals surface area contributed by atoms with E-state index in [-0.39, 0.29) is 101 Å². The molecule has 0 heterocycles. The van der Waals surface area contributed by atoms with Crippen LogP contribution in [0.25, 0.3) is 0 Å². The van der Waals surface area contributed by atoms with E-state index < -0.39 is 0 Å². The topological polar surface area (TPSA) is 0 Å². The quantitative estimate of drug-likeness (QED) is 0.352. The third-order valence-electron chi connectivity index (χ3n) is 0. The molecule has 0 aliphatic rings. The number of hydrogen-bond donors (Lipinski definition) is 0. The molecule has 0 fully saturated rings. The minimum Gasteiger partial charge on any atom is 1.00 e. The zero-order valence-electron chi connectivity index (χ0n) is 4.06. The van der Waals surface area contributed by atoms with Gasteiger partial charge in [0.1, 0.15) is 0 Å². The van der Waals surface area contributed by atoms with Crippen LogP contribution in [0.3, 0.4) is 0 Å². The van der Waals surface area contributed by atoms with Gasteiger partial charge in [0.15, 0.2) is 0 Å². The van der Waals surface area contributed by atoms with Crippen molar-refractivity contribution >= 4 is 18.4 Å². The molecule has 42 valence electrons. The SMILES string of the molecule is [CH3-].[CH3-].[Cl][Au-][Cl].[Cs+]. The van der Waals surface area contributed by atoms with Crippen molar-refractivity contribution < 1.29 is 86.5 Å². The number of rotatable bonds is 0. The summed E-state index contributed by atoms with van der Waals surface area (Å²) in [6.07, 6.45) is 0. The van der Waals surface area contributed by atoms with Crippen molar-refractivity contribution in [3.63, 3.8) is 0 Å². The molecule has 0 spiro atoms. The Bertz CT molecular complexity index is 11.5. The summed E-state index contributed by atoms with van der Waals surface area (Å²) in [6.45, 7) is 0. The molecule has 0 bridgehead atoms. The molecule has 0 radical (unpaired) electrons.